The van der Waals surface area contributed by atoms with E-state index in [1.54, 1.807) is 0 Å². The normalized spacial score (nSPS) is 22.4. The molecule has 1 aliphatic heterocycles. The monoisotopic (exact) mass is 212 g/mol. The Bertz CT molecular complexity index is 147. The molecule has 0 bridgehead atoms. The van der Waals surface area contributed by atoms with Crippen molar-refractivity contribution in [2.45, 2.75) is 58.4 Å². The van der Waals surface area contributed by atoms with Crippen molar-refractivity contribution in [3.8, 4) is 0 Å². The quantitative estimate of drug-likeness (QED) is 0.622. The van der Waals surface area contributed by atoms with E-state index in [9.17, 15) is 0 Å². The third-order valence-corrected chi connectivity index (χ3v) is 3.43. The Morgan fingerprint density at radius 3 is 2.80 bits per heavy atom. The number of unbranched alkanes of at least 4 members (excludes halogenated alkanes) is 3. The maximum absolute atomic E-state index is 3.48. The average molecular weight is 212 g/mol. The smallest absolute Gasteiger partial charge is 0.0221 e. The van der Waals surface area contributed by atoms with Gasteiger partial charge in [-0.05, 0) is 38.9 Å². The van der Waals surface area contributed by atoms with Crippen molar-refractivity contribution in [1.82, 2.24) is 10.2 Å². The predicted octanol–water partition coefficient (Wildman–Crippen LogP) is 2.64. The summed E-state index contributed by atoms with van der Waals surface area (Å²) in [6.45, 7) is 9.45. The predicted molar refractivity (Wildman–Crippen MR) is 67.3 cm³/mol. The van der Waals surface area contributed by atoms with Crippen LogP contribution >= 0.6 is 0 Å². The van der Waals surface area contributed by atoms with Crippen molar-refractivity contribution in [3.05, 3.63) is 0 Å². The molecule has 1 N–H and O–H groups in total. The molecule has 0 aromatic carbocycles. The van der Waals surface area contributed by atoms with Crippen molar-refractivity contribution in [2.24, 2.45) is 0 Å². The molecular weight excluding hydrogens is 184 g/mol. The highest BCUT2D eigenvalue weighted by Crippen LogP contribution is 2.17. The molecule has 0 saturated carbocycles. The van der Waals surface area contributed by atoms with Crippen LogP contribution in [0.1, 0.15) is 52.4 Å². The molecule has 1 rings (SSSR count). The summed E-state index contributed by atoms with van der Waals surface area (Å²) in [6.07, 6.45) is 8.38. The van der Waals surface area contributed by atoms with Crippen molar-refractivity contribution in [2.75, 3.05) is 26.2 Å². The van der Waals surface area contributed by atoms with Gasteiger partial charge in [-0.15, -0.1) is 0 Å². The standard InChI is InChI=1S/C13H28N2/c1-3-5-6-7-10-15-11-8-9-13(15)12-14-4-2/h13-14H,3-12H2,1-2H3. The van der Waals surface area contributed by atoms with Gasteiger partial charge < -0.3 is 5.32 Å². The number of likely N-dealkylation sites (tertiary alicyclic amines) is 1. The summed E-state index contributed by atoms with van der Waals surface area (Å²) in [7, 11) is 0. The molecule has 1 aliphatic rings. The molecule has 1 heterocycles. The first-order chi connectivity index (χ1) is 7.38. The number of nitrogens with one attached hydrogen (secondary N) is 1. The van der Waals surface area contributed by atoms with Gasteiger partial charge in [0.15, 0.2) is 0 Å². The van der Waals surface area contributed by atoms with E-state index >= 15 is 0 Å². The van der Waals surface area contributed by atoms with Gasteiger partial charge in [0.2, 0.25) is 0 Å². The van der Waals surface area contributed by atoms with E-state index < -0.39 is 0 Å². The van der Waals surface area contributed by atoms with Crippen LogP contribution in [-0.4, -0.2) is 37.1 Å². The molecule has 0 radical (unpaired) electrons. The number of hydrogen-bond acceptors (Lipinski definition) is 2. The fourth-order valence-corrected chi connectivity index (χ4v) is 2.47. The van der Waals surface area contributed by atoms with Gasteiger partial charge in [0.1, 0.15) is 0 Å². The van der Waals surface area contributed by atoms with Crippen LogP contribution < -0.4 is 5.32 Å². The fourth-order valence-electron chi connectivity index (χ4n) is 2.47. The maximum atomic E-state index is 3.48. The Balaban J connectivity index is 2.09. The van der Waals surface area contributed by atoms with E-state index in [0.717, 1.165) is 12.6 Å². The molecule has 1 unspecified atom stereocenters. The first-order valence-electron chi connectivity index (χ1n) is 6.83. The van der Waals surface area contributed by atoms with Crippen LogP contribution in [0.25, 0.3) is 0 Å². The second-order valence-electron chi connectivity index (χ2n) is 4.70. The largest absolute Gasteiger partial charge is 0.315 e. The Morgan fingerprint density at radius 1 is 1.20 bits per heavy atom. The Morgan fingerprint density at radius 2 is 2.07 bits per heavy atom. The molecule has 1 fully saturated rings. The molecule has 15 heavy (non-hydrogen) atoms. The van der Waals surface area contributed by atoms with Gasteiger partial charge in [-0.25, -0.2) is 0 Å². The minimum atomic E-state index is 0.826. The van der Waals surface area contributed by atoms with Gasteiger partial charge >= 0.3 is 0 Å². The molecule has 2 heteroatoms. The lowest BCUT2D eigenvalue weighted by Crippen LogP contribution is -2.38. The third kappa shape index (κ3) is 4.98. The minimum Gasteiger partial charge on any atom is -0.315 e. The SMILES string of the molecule is CCCCCCN1CCCC1CNCC. The second kappa shape index (κ2) is 8.12. The summed E-state index contributed by atoms with van der Waals surface area (Å²) in [5.41, 5.74) is 0. The van der Waals surface area contributed by atoms with Crippen LogP contribution in [0.15, 0.2) is 0 Å². The summed E-state index contributed by atoms with van der Waals surface area (Å²) in [5, 5.41) is 3.48. The van der Waals surface area contributed by atoms with Crippen molar-refractivity contribution < 1.29 is 0 Å². The first kappa shape index (κ1) is 13.0. The number of nitrogens with zero attached hydrogens (tertiary/aromatic N) is 1. The zero-order valence-electron chi connectivity index (χ0n) is 10.6. The maximum Gasteiger partial charge on any atom is 0.0221 e. The molecule has 0 spiro atoms. The lowest BCUT2D eigenvalue weighted by atomic mass is 10.2. The van der Waals surface area contributed by atoms with E-state index in [0.29, 0.717) is 0 Å². The Labute approximate surface area is 95.4 Å². The highest BCUT2D eigenvalue weighted by atomic mass is 15.2. The molecule has 1 atom stereocenters. The van der Waals surface area contributed by atoms with E-state index in [-0.39, 0.29) is 0 Å². The molecule has 0 amide bonds. The molecule has 0 aromatic rings. The molecule has 0 aliphatic carbocycles. The lowest BCUT2D eigenvalue weighted by molar-refractivity contribution is 0.243. The average Bonchev–Trinajstić information content (AvgIpc) is 2.69. The van der Waals surface area contributed by atoms with Crippen LogP contribution in [0.5, 0.6) is 0 Å². The van der Waals surface area contributed by atoms with Crippen molar-refractivity contribution in [3.63, 3.8) is 0 Å². The summed E-state index contributed by atoms with van der Waals surface area (Å²) < 4.78 is 0. The van der Waals surface area contributed by atoms with Gasteiger partial charge in [-0.3, -0.25) is 4.90 Å². The topological polar surface area (TPSA) is 15.3 Å². The number of rotatable bonds is 8. The summed E-state index contributed by atoms with van der Waals surface area (Å²) in [5.74, 6) is 0. The third-order valence-electron chi connectivity index (χ3n) is 3.43. The highest BCUT2D eigenvalue weighted by molar-refractivity contribution is 4.80. The molecule has 90 valence electrons. The molecule has 2 nitrogen and oxygen atoms in total. The lowest BCUT2D eigenvalue weighted by Gasteiger charge is -2.24. The Hall–Kier alpha value is -0.0800. The zero-order chi connectivity index (χ0) is 10.9. The van der Waals surface area contributed by atoms with E-state index in [2.05, 4.69) is 24.1 Å². The first-order valence-corrected chi connectivity index (χ1v) is 6.83. The Kier molecular flexibility index (Phi) is 7.03. The van der Waals surface area contributed by atoms with Crippen LogP contribution in [0, 0.1) is 0 Å². The van der Waals surface area contributed by atoms with Gasteiger partial charge in [-0.1, -0.05) is 33.1 Å². The van der Waals surface area contributed by atoms with E-state index in [1.807, 2.05) is 0 Å². The summed E-state index contributed by atoms with van der Waals surface area (Å²) in [6, 6.07) is 0.826. The van der Waals surface area contributed by atoms with Crippen LogP contribution in [-0.2, 0) is 0 Å². The van der Waals surface area contributed by atoms with E-state index in [4.69, 9.17) is 0 Å². The minimum absolute atomic E-state index is 0.826. The van der Waals surface area contributed by atoms with E-state index in [1.165, 1.54) is 58.2 Å². The molecular formula is C13H28N2. The number of hydrogen-bond donors (Lipinski definition) is 1. The van der Waals surface area contributed by atoms with Gasteiger partial charge in [0, 0.05) is 12.6 Å². The number of likely N-dealkylation sites (N-methyl/N-ethyl adjacent to an activating group) is 1. The van der Waals surface area contributed by atoms with Crippen LogP contribution in [0.3, 0.4) is 0 Å². The summed E-state index contributed by atoms with van der Waals surface area (Å²) in [4.78, 5) is 2.69. The van der Waals surface area contributed by atoms with Gasteiger partial charge in [-0.2, -0.15) is 0 Å². The fraction of sp³-hybridized carbons (Fsp3) is 1.00. The van der Waals surface area contributed by atoms with Crippen LogP contribution in [0.4, 0.5) is 0 Å². The second-order valence-corrected chi connectivity index (χ2v) is 4.70. The van der Waals surface area contributed by atoms with Crippen LogP contribution in [0.2, 0.25) is 0 Å². The zero-order valence-corrected chi connectivity index (χ0v) is 10.6. The summed E-state index contributed by atoms with van der Waals surface area (Å²) >= 11 is 0. The molecule has 1 saturated heterocycles. The highest BCUT2D eigenvalue weighted by Gasteiger charge is 2.22. The van der Waals surface area contributed by atoms with Crippen molar-refractivity contribution in [1.29, 1.82) is 0 Å². The van der Waals surface area contributed by atoms with Gasteiger partial charge in [0.05, 0.1) is 0 Å². The molecule has 0 aromatic heterocycles. The van der Waals surface area contributed by atoms with Crippen molar-refractivity contribution >= 4 is 0 Å². The van der Waals surface area contributed by atoms with Gasteiger partial charge in [0.25, 0.3) is 0 Å².